The van der Waals surface area contributed by atoms with E-state index in [9.17, 15) is 17.2 Å². The fraction of sp³-hybridized carbons (Fsp3) is 0.262. The lowest BCUT2D eigenvalue weighted by Crippen LogP contribution is -2.17. The first kappa shape index (κ1) is 51.6. The molecule has 11 rings (SSSR count). The number of aromatic nitrogens is 14. The number of aromatic amines is 1. The second-order valence-corrected chi connectivity index (χ2v) is 18.7. The number of thiazole rings is 1. The van der Waals surface area contributed by atoms with Crippen LogP contribution in [0.15, 0.2) is 95.8 Å². The Morgan fingerprint density at radius 3 is 2.30 bits per heavy atom. The van der Waals surface area contributed by atoms with Gasteiger partial charge in [0.25, 0.3) is 0 Å². The minimum atomic E-state index is -3.28. The smallest absolute Gasteiger partial charge is 0.312 e. The van der Waals surface area contributed by atoms with Crippen LogP contribution < -0.4 is 10.6 Å². The summed E-state index contributed by atoms with van der Waals surface area (Å²) in [7, 11) is -3.28. The highest BCUT2D eigenvalue weighted by Gasteiger charge is 2.21. The summed E-state index contributed by atoms with van der Waals surface area (Å²) >= 11 is 22.4. The number of sulfone groups is 1. The van der Waals surface area contributed by atoms with Crippen molar-refractivity contribution >= 4 is 119 Å². The van der Waals surface area contributed by atoms with Crippen molar-refractivity contribution < 1.29 is 26.7 Å². The van der Waals surface area contributed by atoms with Crippen molar-refractivity contribution in [2.24, 2.45) is 0 Å². The van der Waals surface area contributed by atoms with Gasteiger partial charge in [-0.2, -0.15) is 38.7 Å². The molecular weight excluding hydrogens is 1040 g/mol. The van der Waals surface area contributed by atoms with Crippen molar-refractivity contribution in [1.29, 1.82) is 0 Å². The summed E-state index contributed by atoms with van der Waals surface area (Å²) in [5, 5.41) is 8.61. The fourth-order valence-corrected chi connectivity index (χ4v) is 7.99. The van der Waals surface area contributed by atoms with Crippen molar-refractivity contribution in [2.75, 3.05) is 35.4 Å². The van der Waals surface area contributed by atoms with Gasteiger partial charge < -0.3 is 25.1 Å². The van der Waals surface area contributed by atoms with Crippen molar-refractivity contribution in [2.45, 2.75) is 49.8 Å². The van der Waals surface area contributed by atoms with E-state index < -0.39 is 22.0 Å². The van der Waals surface area contributed by atoms with E-state index in [2.05, 4.69) is 70.4 Å². The Morgan fingerprint density at radius 2 is 1.64 bits per heavy atom. The average Bonchev–Trinajstić information content (AvgIpc) is 4.21. The first-order valence-electron chi connectivity index (χ1n) is 20.8. The number of allylic oxidation sites excluding steroid dienone is 1. The molecule has 8 aromatic heterocycles. The molecule has 10 heterocycles. The zero-order chi connectivity index (χ0) is 49.5. The van der Waals surface area contributed by atoms with E-state index in [1.54, 1.807) is 64.0 Å². The standard InChI is InChI=1S/C21H18N8O2S2.C10H10ClFN4O.C5H2ClFN4.C5H8O.CH2Cl2/c1-33(30,31)16-7-5-14(6-8-16)26-19-18-20(29(12-24-18)17-11-32-13-25-17)28-21(27-19)23-10-15-4-2-3-9-22-15;11-8-7-9(15-10(12)14-8)16(5-13-7)6-3-1-2-4-17-6;6-3-2-4(9-1-8-2)11-5(7)10-3;1-2-4-6-5-3-1;2-1-3/h2-9,11-13H,10H2,1H3,(H2,23,26,27,28);5-6H,1-4H2;1H,(H,8,9,10,11);2,4H,1,3,5H2;1H2. The van der Waals surface area contributed by atoms with Crippen LogP contribution in [0.1, 0.15) is 44.0 Å². The van der Waals surface area contributed by atoms with Gasteiger partial charge in [-0.1, -0.05) is 29.3 Å². The number of benzene rings is 1. The van der Waals surface area contributed by atoms with Gasteiger partial charge in [0.15, 0.2) is 54.2 Å². The maximum absolute atomic E-state index is 13.1. The molecule has 1 fully saturated rings. The van der Waals surface area contributed by atoms with Gasteiger partial charge in [0.2, 0.25) is 5.95 Å². The molecule has 1 saturated heterocycles. The van der Waals surface area contributed by atoms with E-state index in [0.29, 0.717) is 64.3 Å². The van der Waals surface area contributed by atoms with E-state index in [-0.39, 0.29) is 32.4 Å². The Morgan fingerprint density at radius 1 is 0.857 bits per heavy atom. The quantitative estimate of drug-likeness (QED) is 0.0728. The fourth-order valence-electron chi connectivity index (χ4n) is 6.43. The monoisotopic (exact) mass is 1070 g/mol. The Kier molecular flexibility index (Phi) is 18.4. The topological polar surface area (TPSA) is 244 Å². The third-order valence-corrected chi connectivity index (χ3v) is 11.9. The van der Waals surface area contributed by atoms with Crippen LogP contribution in [-0.2, 0) is 25.9 Å². The molecular formula is C42H40Cl4F2N16O4S2. The number of ether oxygens (including phenoxy) is 2. The van der Waals surface area contributed by atoms with E-state index in [1.807, 2.05) is 29.7 Å². The molecule has 366 valence electrons. The van der Waals surface area contributed by atoms with Gasteiger partial charge in [-0.15, -0.1) is 34.5 Å². The minimum Gasteiger partial charge on any atom is -0.502 e. The number of nitrogens with one attached hydrogen (secondary N) is 3. The predicted molar refractivity (Wildman–Crippen MR) is 263 cm³/mol. The largest absolute Gasteiger partial charge is 0.502 e. The molecule has 1 atom stereocenters. The molecule has 1 unspecified atom stereocenters. The number of halogens is 6. The first-order valence-corrected chi connectivity index (χ1v) is 25.5. The Bertz CT molecular complexity index is 3230. The lowest BCUT2D eigenvalue weighted by Gasteiger charge is -2.23. The van der Waals surface area contributed by atoms with Crippen molar-refractivity contribution in [3.05, 3.63) is 119 Å². The zero-order valence-corrected chi connectivity index (χ0v) is 41.3. The van der Waals surface area contributed by atoms with Gasteiger partial charge in [-0.05, 0) is 74.6 Å². The van der Waals surface area contributed by atoms with Crippen LogP contribution in [0.5, 0.6) is 0 Å². The van der Waals surface area contributed by atoms with E-state index in [1.165, 1.54) is 36.8 Å². The average molecular weight is 1080 g/mol. The molecule has 0 amide bonds. The van der Waals surface area contributed by atoms with Crippen LogP contribution in [0, 0.1) is 12.2 Å². The van der Waals surface area contributed by atoms with Gasteiger partial charge in [-0.25, -0.2) is 28.4 Å². The van der Waals surface area contributed by atoms with Gasteiger partial charge in [0, 0.05) is 30.1 Å². The number of pyridine rings is 1. The SMILES string of the molecule is C1=COCCC1.CS(=O)(=O)c1ccc(Nc2nc(NCc3ccccn3)nc3c2ncn3-c2cscn2)cc1.ClCCl.Fc1nc(Cl)c2[nH]cnc2n1.Fc1nc(Cl)c2ncn(C3CCCCO3)c2n1. The van der Waals surface area contributed by atoms with Crippen LogP contribution in [0.25, 0.3) is 39.3 Å². The molecule has 2 aliphatic rings. The summed E-state index contributed by atoms with van der Waals surface area (Å²) < 4.78 is 63.1. The summed E-state index contributed by atoms with van der Waals surface area (Å²) in [6.07, 6.45) is 14.8. The maximum Gasteiger partial charge on any atom is 0.312 e. The summed E-state index contributed by atoms with van der Waals surface area (Å²) in [5.74, 6) is 1.57. The lowest BCUT2D eigenvalue weighted by atomic mass is 10.2. The summed E-state index contributed by atoms with van der Waals surface area (Å²) in [6, 6.07) is 12.1. The van der Waals surface area contributed by atoms with Crippen LogP contribution in [0.2, 0.25) is 10.3 Å². The second-order valence-electron chi connectivity index (χ2n) is 14.4. The Balaban J connectivity index is 0.000000160. The number of fused-ring (bicyclic) bond motifs is 3. The number of hydrogen-bond acceptors (Lipinski definition) is 18. The molecule has 0 bridgehead atoms. The molecule has 0 spiro atoms. The van der Waals surface area contributed by atoms with E-state index in [0.717, 1.165) is 31.6 Å². The molecule has 0 saturated carbocycles. The van der Waals surface area contributed by atoms with Gasteiger partial charge in [-0.3, -0.25) is 14.1 Å². The van der Waals surface area contributed by atoms with Crippen molar-refractivity contribution in [1.82, 2.24) is 68.9 Å². The molecule has 28 heteroatoms. The molecule has 9 aromatic rings. The van der Waals surface area contributed by atoms with E-state index in [4.69, 9.17) is 55.9 Å². The van der Waals surface area contributed by atoms with Crippen molar-refractivity contribution in [3.8, 4) is 5.82 Å². The molecule has 0 aliphatic carbocycles. The Hall–Kier alpha value is -6.28. The minimum absolute atomic E-state index is 0.0297. The van der Waals surface area contributed by atoms with Crippen molar-refractivity contribution in [3.63, 3.8) is 0 Å². The lowest BCUT2D eigenvalue weighted by molar-refractivity contribution is -0.0298. The van der Waals surface area contributed by atoms with Crippen LogP contribution >= 0.6 is 57.7 Å². The highest BCUT2D eigenvalue weighted by Crippen LogP contribution is 2.29. The van der Waals surface area contributed by atoms with Crippen LogP contribution in [0.3, 0.4) is 0 Å². The number of imidazole rings is 3. The zero-order valence-electron chi connectivity index (χ0n) is 36.6. The normalized spacial score (nSPS) is 14.2. The molecule has 70 heavy (non-hydrogen) atoms. The highest BCUT2D eigenvalue weighted by atomic mass is 35.5. The second kappa shape index (κ2) is 25.0. The van der Waals surface area contributed by atoms with Gasteiger partial charge in [0.05, 0.1) is 53.5 Å². The molecule has 3 N–H and O–H groups in total. The third kappa shape index (κ3) is 13.9. The molecule has 1 aromatic carbocycles. The van der Waals surface area contributed by atoms with Gasteiger partial charge >= 0.3 is 12.2 Å². The maximum atomic E-state index is 13.1. The summed E-state index contributed by atoms with van der Waals surface area (Å²) in [5.41, 5.74) is 5.87. The number of anilines is 3. The first-order chi connectivity index (χ1) is 33.9. The predicted octanol–water partition coefficient (Wildman–Crippen LogP) is 9.62. The third-order valence-electron chi connectivity index (χ3n) is 9.62. The number of hydrogen-bond donors (Lipinski definition) is 3. The van der Waals surface area contributed by atoms with Gasteiger partial charge in [0.1, 0.15) is 23.6 Å². The number of alkyl halides is 2. The molecule has 2 aliphatic heterocycles. The van der Waals surface area contributed by atoms with Crippen LogP contribution in [0.4, 0.5) is 26.2 Å². The molecule has 20 nitrogen and oxygen atoms in total. The number of H-pyrrole nitrogens is 1. The van der Waals surface area contributed by atoms with Crippen LogP contribution in [-0.4, -0.2) is 102 Å². The number of nitrogens with zero attached hydrogens (tertiary/aromatic N) is 13. The number of rotatable bonds is 8. The summed E-state index contributed by atoms with van der Waals surface area (Å²) in [4.78, 5) is 47.0. The van der Waals surface area contributed by atoms with E-state index >= 15 is 0 Å². The summed E-state index contributed by atoms with van der Waals surface area (Å²) in [6.45, 7) is 2.06. The molecule has 0 radical (unpaired) electrons. The Labute approximate surface area is 421 Å². The highest BCUT2D eigenvalue weighted by molar-refractivity contribution is 7.90.